The van der Waals surface area contributed by atoms with Crippen molar-refractivity contribution < 1.29 is 0 Å². The zero-order valence-electron chi connectivity index (χ0n) is 8.54. The highest BCUT2D eigenvalue weighted by atomic mass is 14.3. The zero-order chi connectivity index (χ0) is 9.47. The molecule has 68 valence electrons. The third kappa shape index (κ3) is 1.21. The Labute approximate surface area is 80.3 Å². The van der Waals surface area contributed by atoms with E-state index in [1.165, 1.54) is 11.1 Å². The fourth-order valence-electron chi connectivity index (χ4n) is 1.96. The van der Waals surface area contributed by atoms with Crippen molar-refractivity contribution >= 4 is 6.08 Å². The van der Waals surface area contributed by atoms with Crippen LogP contribution < -0.4 is 0 Å². The summed E-state index contributed by atoms with van der Waals surface area (Å²) in [5, 5.41) is 0. The summed E-state index contributed by atoms with van der Waals surface area (Å²) in [5.74, 6) is 0.627. The standard InChI is InChI=1S/C13H16/c1-10-8-9-11-6-4-5-7-12(11)13(10,2)3/h4-10H,1-3H3. The number of benzene rings is 1. The molecule has 1 unspecified atom stereocenters. The Morgan fingerprint density at radius 2 is 1.85 bits per heavy atom. The first-order chi connectivity index (χ1) is 6.12. The molecule has 0 aliphatic heterocycles. The minimum atomic E-state index is 0.283. The summed E-state index contributed by atoms with van der Waals surface area (Å²) in [4.78, 5) is 0. The maximum Gasteiger partial charge on any atom is -0.00375 e. The van der Waals surface area contributed by atoms with Gasteiger partial charge in [0.25, 0.3) is 0 Å². The molecule has 1 aliphatic carbocycles. The number of allylic oxidation sites excluding steroid dienone is 1. The van der Waals surface area contributed by atoms with E-state index in [9.17, 15) is 0 Å². The summed E-state index contributed by atoms with van der Waals surface area (Å²) in [5.41, 5.74) is 3.14. The second kappa shape index (κ2) is 2.73. The molecule has 0 N–H and O–H groups in total. The van der Waals surface area contributed by atoms with Crippen molar-refractivity contribution in [3.8, 4) is 0 Å². The summed E-state index contributed by atoms with van der Waals surface area (Å²) >= 11 is 0. The van der Waals surface area contributed by atoms with Gasteiger partial charge in [0.05, 0.1) is 0 Å². The topological polar surface area (TPSA) is 0 Å². The molecule has 0 amide bonds. The van der Waals surface area contributed by atoms with Gasteiger partial charge in [0, 0.05) is 0 Å². The molecule has 0 fully saturated rings. The minimum absolute atomic E-state index is 0.283. The molecule has 1 aromatic carbocycles. The van der Waals surface area contributed by atoms with E-state index in [-0.39, 0.29) is 5.41 Å². The SMILES string of the molecule is CC1C=Cc2ccccc2C1(C)C. The molecule has 1 aromatic rings. The van der Waals surface area contributed by atoms with Gasteiger partial charge in [0.1, 0.15) is 0 Å². The van der Waals surface area contributed by atoms with Gasteiger partial charge in [-0.2, -0.15) is 0 Å². The first-order valence-corrected chi connectivity index (χ1v) is 4.90. The molecule has 0 radical (unpaired) electrons. The molecule has 0 saturated carbocycles. The van der Waals surface area contributed by atoms with Gasteiger partial charge in [-0.25, -0.2) is 0 Å². The molecule has 0 spiro atoms. The predicted octanol–water partition coefficient (Wildman–Crippen LogP) is 3.63. The average molecular weight is 172 g/mol. The van der Waals surface area contributed by atoms with Crippen molar-refractivity contribution in [2.75, 3.05) is 0 Å². The highest BCUT2D eigenvalue weighted by molar-refractivity contribution is 5.59. The molecule has 2 rings (SSSR count). The number of hydrogen-bond acceptors (Lipinski definition) is 0. The predicted molar refractivity (Wildman–Crippen MR) is 57.7 cm³/mol. The first kappa shape index (κ1) is 8.55. The van der Waals surface area contributed by atoms with Gasteiger partial charge in [0.15, 0.2) is 0 Å². The fourth-order valence-corrected chi connectivity index (χ4v) is 1.96. The zero-order valence-corrected chi connectivity index (χ0v) is 8.54. The Bertz CT molecular complexity index is 345. The van der Waals surface area contributed by atoms with Crippen molar-refractivity contribution in [1.29, 1.82) is 0 Å². The quantitative estimate of drug-likeness (QED) is 0.560. The minimum Gasteiger partial charge on any atom is -0.0802 e. The fraction of sp³-hybridized carbons (Fsp3) is 0.385. The second-order valence-electron chi connectivity index (χ2n) is 4.46. The van der Waals surface area contributed by atoms with Crippen LogP contribution in [0.25, 0.3) is 6.08 Å². The van der Waals surface area contributed by atoms with E-state index in [2.05, 4.69) is 57.2 Å². The molecule has 0 nitrogen and oxygen atoms in total. The maximum absolute atomic E-state index is 2.32. The third-order valence-corrected chi connectivity index (χ3v) is 3.36. The maximum atomic E-state index is 2.32. The summed E-state index contributed by atoms with van der Waals surface area (Å²) < 4.78 is 0. The van der Waals surface area contributed by atoms with E-state index >= 15 is 0 Å². The number of fused-ring (bicyclic) bond motifs is 1. The summed E-state index contributed by atoms with van der Waals surface area (Å²) in [6.45, 7) is 6.92. The average Bonchev–Trinajstić information content (AvgIpc) is 2.13. The van der Waals surface area contributed by atoms with Crippen molar-refractivity contribution in [2.24, 2.45) is 5.92 Å². The van der Waals surface area contributed by atoms with Crippen molar-refractivity contribution in [3.63, 3.8) is 0 Å². The molecule has 0 heteroatoms. The Morgan fingerprint density at radius 1 is 1.15 bits per heavy atom. The molecular formula is C13H16. The van der Waals surface area contributed by atoms with Crippen LogP contribution >= 0.6 is 0 Å². The lowest BCUT2D eigenvalue weighted by atomic mass is 9.69. The van der Waals surface area contributed by atoms with Crippen molar-refractivity contribution in [3.05, 3.63) is 41.5 Å². The first-order valence-electron chi connectivity index (χ1n) is 4.90. The van der Waals surface area contributed by atoms with Crippen LogP contribution in [0.3, 0.4) is 0 Å². The molecule has 1 atom stereocenters. The molecule has 0 bridgehead atoms. The summed E-state index contributed by atoms with van der Waals surface area (Å²) in [7, 11) is 0. The highest BCUT2D eigenvalue weighted by Crippen LogP contribution is 2.38. The van der Waals surface area contributed by atoms with Gasteiger partial charge in [-0.1, -0.05) is 57.2 Å². The summed E-state index contributed by atoms with van der Waals surface area (Å²) in [6.07, 6.45) is 4.55. The van der Waals surface area contributed by atoms with Crippen molar-refractivity contribution in [1.82, 2.24) is 0 Å². The molecular weight excluding hydrogens is 156 g/mol. The lowest BCUT2D eigenvalue weighted by Crippen LogP contribution is -2.28. The van der Waals surface area contributed by atoms with Gasteiger partial charge >= 0.3 is 0 Å². The molecule has 0 aromatic heterocycles. The van der Waals surface area contributed by atoms with Crippen LogP contribution in [0.5, 0.6) is 0 Å². The van der Waals surface area contributed by atoms with Crippen LogP contribution in [0.15, 0.2) is 30.3 Å². The van der Waals surface area contributed by atoms with Crippen LogP contribution in [0, 0.1) is 5.92 Å². The van der Waals surface area contributed by atoms with Crippen LogP contribution in [-0.2, 0) is 5.41 Å². The lowest BCUT2D eigenvalue weighted by molar-refractivity contribution is 0.405. The summed E-state index contributed by atoms with van der Waals surface area (Å²) in [6, 6.07) is 8.68. The van der Waals surface area contributed by atoms with Crippen molar-refractivity contribution in [2.45, 2.75) is 26.2 Å². The van der Waals surface area contributed by atoms with Gasteiger partial charge in [-0.15, -0.1) is 0 Å². The van der Waals surface area contributed by atoms with Crippen LogP contribution in [0.2, 0.25) is 0 Å². The van der Waals surface area contributed by atoms with E-state index in [1.54, 1.807) is 0 Å². The van der Waals surface area contributed by atoms with E-state index < -0.39 is 0 Å². The Hall–Kier alpha value is -1.04. The van der Waals surface area contributed by atoms with Gasteiger partial charge in [-0.3, -0.25) is 0 Å². The smallest absolute Gasteiger partial charge is 0.00375 e. The van der Waals surface area contributed by atoms with E-state index in [0.717, 1.165) is 0 Å². The van der Waals surface area contributed by atoms with Crippen LogP contribution in [0.1, 0.15) is 31.9 Å². The Morgan fingerprint density at radius 3 is 2.62 bits per heavy atom. The number of rotatable bonds is 0. The normalized spacial score (nSPS) is 24.1. The Kier molecular flexibility index (Phi) is 1.80. The molecule has 0 saturated heterocycles. The van der Waals surface area contributed by atoms with E-state index in [0.29, 0.717) is 5.92 Å². The molecule has 13 heavy (non-hydrogen) atoms. The largest absolute Gasteiger partial charge is 0.0802 e. The molecule has 0 heterocycles. The van der Waals surface area contributed by atoms with Gasteiger partial charge < -0.3 is 0 Å². The van der Waals surface area contributed by atoms with E-state index in [1.807, 2.05) is 0 Å². The Balaban J connectivity index is 2.61. The van der Waals surface area contributed by atoms with Crippen LogP contribution in [0.4, 0.5) is 0 Å². The molecule has 1 aliphatic rings. The van der Waals surface area contributed by atoms with Crippen LogP contribution in [-0.4, -0.2) is 0 Å². The second-order valence-corrected chi connectivity index (χ2v) is 4.46. The monoisotopic (exact) mass is 172 g/mol. The van der Waals surface area contributed by atoms with Gasteiger partial charge in [0.2, 0.25) is 0 Å². The lowest BCUT2D eigenvalue weighted by Gasteiger charge is -2.35. The van der Waals surface area contributed by atoms with Gasteiger partial charge in [-0.05, 0) is 22.5 Å². The third-order valence-electron chi connectivity index (χ3n) is 3.36. The van der Waals surface area contributed by atoms with E-state index in [4.69, 9.17) is 0 Å². The highest BCUT2D eigenvalue weighted by Gasteiger charge is 2.30. The number of hydrogen-bond donors (Lipinski definition) is 0.